The molecule has 20 heavy (non-hydrogen) atoms. The van der Waals surface area contributed by atoms with E-state index in [4.69, 9.17) is 0 Å². The first kappa shape index (κ1) is 14.1. The average Bonchev–Trinajstić information content (AvgIpc) is 2.60. The number of rotatable bonds is 3. The summed E-state index contributed by atoms with van der Waals surface area (Å²) in [5, 5.41) is 14.1. The van der Waals surface area contributed by atoms with Gasteiger partial charge in [-0.05, 0) is 18.6 Å². The molecule has 0 spiro atoms. The molecule has 1 amide bonds. The Balaban J connectivity index is 2.41. The van der Waals surface area contributed by atoms with E-state index in [9.17, 15) is 14.9 Å². The number of carbonyl (C=O) groups is 1. The lowest BCUT2D eigenvalue weighted by atomic mass is 10.2. The molecule has 1 heterocycles. The van der Waals surface area contributed by atoms with Gasteiger partial charge in [0.1, 0.15) is 11.4 Å². The molecule has 0 unspecified atom stereocenters. The molecule has 2 rings (SSSR count). The van der Waals surface area contributed by atoms with Gasteiger partial charge in [0.25, 0.3) is 0 Å². The minimum atomic E-state index is -0.403. The summed E-state index contributed by atoms with van der Waals surface area (Å²) in [6.45, 7) is 1.48. The smallest absolute Gasteiger partial charge is 0.315 e. The Morgan fingerprint density at radius 2 is 2.10 bits per heavy atom. The topological polar surface area (TPSA) is 78.7 Å². The molecule has 1 aliphatic heterocycles. The highest BCUT2D eigenvalue weighted by Gasteiger charge is 2.27. The van der Waals surface area contributed by atoms with Crippen molar-refractivity contribution in [3.05, 3.63) is 28.3 Å². The molecule has 0 aromatic heterocycles. The van der Waals surface area contributed by atoms with Crippen LogP contribution in [0.2, 0.25) is 0 Å². The Kier molecular flexibility index (Phi) is 4.07. The summed E-state index contributed by atoms with van der Waals surface area (Å²) in [6.07, 6.45) is 0.795. The number of hydrogen-bond acceptors (Lipinski definition) is 5. The van der Waals surface area contributed by atoms with Crippen LogP contribution < -0.4 is 10.2 Å². The third-order valence-corrected chi connectivity index (χ3v) is 3.48. The molecular formula is C13H18N4O3. The van der Waals surface area contributed by atoms with Gasteiger partial charge < -0.3 is 15.1 Å². The SMILES string of the molecule is CNc1cccc(N2CCCN(C)C(=O)C2)c1[N+](=O)[O-]. The fourth-order valence-corrected chi connectivity index (χ4v) is 2.37. The summed E-state index contributed by atoms with van der Waals surface area (Å²) >= 11 is 0. The van der Waals surface area contributed by atoms with Gasteiger partial charge in [0.2, 0.25) is 5.91 Å². The lowest BCUT2D eigenvalue weighted by molar-refractivity contribution is -0.383. The van der Waals surface area contributed by atoms with Crippen LogP contribution in [0, 0.1) is 10.1 Å². The van der Waals surface area contributed by atoms with Crippen molar-refractivity contribution in [2.24, 2.45) is 0 Å². The van der Waals surface area contributed by atoms with Gasteiger partial charge in [0.15, 0.2) is 0 Å². The van der Waals surface area contributed by atoms with Crippen LogP contribution >= 0.6 is 0 Å². The van der Waals surface area contributed by atoms with E-state index >= 15 is 0 Å². The summed E-state index contributed by atoms with van der Waals surface area (Å²) in [7, 11) is 3.40. The van der Waals surface area contributed by atoms with E-state index in [0.29, 0.717) is 24.5 Å². The zero-order valence-corrected chi connectivity index (χ0v) is 11.6. The van der Waals surface area contributed by atoms with E-state index in [1.54, 1.807) is 42.1 Å². The second-order valence-electron chi connectivity index (χ2n) is 4.77. The van der Waals surface area contributed by atoms with Crippen LogP contribution in [0.5, 0.6) is 0 Å². The highest BCUT2D eigenvalue weighted by atomic mass is 16.6. The van der Waals surface area contributed by atoms with Gasteiger partial charge in [-0.15, -0.1) is 0 Å². The quantitative estimate of drug-likeness (QED) is 0.666. The van der Waals surface area contributed by atoms with Crippen molar-refractivity contribution >= 4 is 23.0 Å². The standard InChI is InChI=1S/C13H18N4O3/c1-14-10-5-3-6-11(13(10)17(19)20)16-8-4-7-15(2)12(18)9-16/h3,5-6,14H,4,7-9H2,1-2H3. The van der Waals surface area contributed by atoms with Crippen LogP contribution in [0.15, 0.2) is 18.2 Å². The molecular weight excluding hydrogens is 260 g/mol. The third kappa shape index (κ3) is 2.66. The van der Waals surface area contributed by atoms with Crippen molar-refractivity contribution in [2.75, 3.05) is 43.9 Å². The number of para-hydroxylation sites is 1. The number of nitro benzene ring substituents is 1. The number of anilines is 2. The van der Waals surface area contributed by atoms with Crippen molar-refractivity contribution in [1.82, 2.24) is 4.90 Å². The zero-order chi connectivity index (χ0) is 14.7. The van der Waals surface area contributed by atoms with Crippen LogP contribution in [0.25, 0.3) is 0 Å². The fraction of sp³-hybridized carbons (Fsp3) is 0.462. The van der Waals surface area contributed by atoms with Crippen LogP contribution in [0.4, 0.5) is 17.1 Å². The van der Waals surface area contributed by atoms with Gasteiger partial charge in [-0.2, -0.15) is 0 Å². The van der Waals surface area contributed by atoms with Crippen LogP contribution in [-0.4, -0.2) is 49.5 Å². The Morgan fingerprint density at radius 1 is 1.35 bits per heavy atom. The molecule has 1 saturated heterocycles. The highest BCUT2D eigenvalue weighted by molar-refractivity contribution is 5.85. The molecule has 1 aromatic rings. The number of amides is 1. The van der Waals surface area contributed by atoms with Gasteiger partial charge in [0.05, 0.1) is 11.5 Å². The Labute approximate surface area is 117 Å². The van der Waals surface area contributed by atoms with Crippen LogP contribution in [0.3, 0.4) is 0 Å². The van der Waals surface area contributed by atoms with Crippen LogP contribution in [0.1, 0.15) is 6.42 Å². The maximum atomic E-state index is 11.9. The molecule has 1 fully saturated rings. The Morgan fingerprint density at radius 3 is 2.75 bits per heavy atom. The number of nitrogens with one attached hydrogen (secondary N) is 1. The number of nitrogens with zero attached hydrogens (tertiary/aromatic N) is 3. The first-order chi connectivity index (χ1) is 9.54. The monoisotopic (exact) mass is 278 g/mol. The second-order valence-corrected chi connectivity index (χ2v) is 4.77. The lowest BCUT2D eigenvalue weighted by Crippen LogP contribution is -2.34. The third-order valence-electron chi connectivity index (χ3n) is 3.48. The average molecular weight is 278 g/mol. The molecule has 0 bridgehead atoms. The summed E-state index contributed by atoms with van der Waals surface area (Å²) < 4.78 is 0. The van der Waals surface area contributed by atoms with Gasteiger partial charge in [-0.25, -0.2) is 0 Å². The van der Waals surface area contributed by atoms with E-state index in [0.717, 1.165) is 6.42 Å². The van der Waals surface area contributed by atoms with Gasteiger partial charge in [-0.1, -0.05) is 6.07 Å². The number of benzene rings is 1. The minimum Gasteiger partial charge on any atom is -0.382 e. The number of nitro groups is 1. The first-order valence-corrected chi connectivity index (χ1v) is 6.48. The number of carbonyl (C=O) groups excluding carboxylic acids is 1. The van der Waals surface area contributed by atoms with Crippen LogP contribution in [-0.2, 0) is 4.79 Å². The summed E-state index contributed by atoms with van der Waals surface area (Å²) in [5.74, 6) is -0.0216. The molecule has 108 valence electrons. The zero-order valence-electron chi connectivity index (χ0n) is 11.6. The summed E-state index contributed by atoms with van der Waals surface area (Å²) in [5.41, 5.74) is 0.968. The molecule has 0 saturated carbocycles. The van der Waals surface area contributed by atoms with Crippen molar-refractivity contribution in [3.63, 3.8) is 0 Å². The number of hydrogen-bond donors (Lipinski definition) is 1. The Hall–Kier alpha value is -2.31. The fourth-order valence-electron chi connectivity index (χ4n) is 2.37. The molecule has 1 N–H and O–H groups in total. The van der Waals surface area contributed by atoms with Crippen molar-refractivity contribution < 1.29 is 9.72 Å². The highest BCUT2D eigenvalue weighted by Crippen LogP contribution is 2.35. The normalized spacial score (nSPS) is 16.0. The molecule has 7 heteroatoms. The maximum absolute atomic E-state index is 11.9. The molecule has 1 aromatic carbocycles. The van der Waals surface area contributed by atoms with Crippen molar-refractivity contribution in [3.8, 4) is 0 Å². The second kappa shape index (κ2) is 5.77. The molecule has 1 aliphatic rings. The van der Waals surface area contributed by atoms with E-state index in [2.05, 4.69) is 5.32 Å². The Bertz CT molecular complexity index is 532. The van der Waals surface area contributed by atoms with Crippen molar-refractivity contribution in [1.29, 1.82) is 0 Å². The van der Waals surface area contributed by atoms with Gasteiger partial charge >= 0.3 is 5.69 Å². The predicted molar refractivity (Wildman–Crippen MR) is 77.1 cm³/mol. The van der Waals surface area contributed by atoms with E-state index in [1.807, 2.05) is 0 Å². The largest absolute Gasteiger partial charge is 0.382 e. The molecule has 7 nitrogen and oxygen atoms in total. The van der Waals surface area contributed by atoms with E-state index in [1.165, 1.54) is 0 Å². The van der Waals surface area contributed by atoms with E-state index in [-0.39, 0.29) is 18.1 Å². The van der Waals surface area contributed by atoms with Gasteiger partial charge in [0, 0.05) is 27.2 Å². The summed E-state index contributed by atoms with van der Waals surface area (Å²) in [6, 6.07) is 5.11. The first-order valence-electron chi connectivity index (χ1n) is 6.48. The van der Waals surface area contributed by atoms with E-state index < -0.39 is 4.92 Å². The maximum Gasteiger partial charge on any atom is 0.315 e. The molecule has 0 aliphatic carbocycles. The predicted octanol–water partition coefficient (Wildman–Crippen LogP) is 1.30. The molecule has 0 atom stereocenters. The minimum absolute atomic E-state index is 0.0207. The molecule has 0 radical (unpaired) electrons. The van der Waals surface area contributed by atoms with Crippen molar-refractivity contribution in [2.45, 2.75) is 6.42 Å². The van der Waals surface area contributed by atoms with Gasteiger partial charge in [-0.3, -0.25) is 14.9 Å². The summed E-state index contributed by atoms with van der Waals surface area (Å²) in [4.78, 5) is 26.3. The lowest BCUT2D eigenvalue weighted by Gasteiger charge is -2.22. The number of likely N-dealkylation sites (N-methyl/N-ethyl adjacent to an activating group) is 1.